The van der Waals surface area contributed by atoms with Crippen LogP contribution in [0.3, 0.4) is 0 Å². The van der Waals surface area contributed by atoms with E-state index in [0.29, 0.717) is 11.7 Å². The maximum Gasteiger partial charge on any atom is 0.316 e. The second-order valence-corrected chi connectivity index (χ2v) is 6.61. The molecule has 0 atom stereocenters. The Morgan fingerprint density at radius 3 is 2.74 bits per heavy atom. The molecule has 0 saturated carbocycles. The van der Waals surface area contributed by atoms with Gasteiger partial charge in [0.15, 0.2) is 11.0 Å². The first-order valence-corrected chi connectivity index (χ1v) is 8.85. The van der Waals surface area contributed by atoms with E-state index in [9.17, 15) is 4.79 Å². The van der Waals surface area contributed by atoms with Crippen LogP contribution in [0.2, 0.25) is 0 Å². The topological polar surface area (TPSA) is 57.0 Å². The Balaban J connectivity index is 1.91. The number of esters is 1. The van der Waals surface area contributed by atoms with Crippen molar-refractivity contribution in [3.8, 4) is 10.7 Å². The number of rotatable bonds is 6. The number of benzene rings is 1. The number of hydrogen-bond donors (Lipinski definition) is 0. The summed E-state index contributed by atoms with van der Waals surface area (Å²) < 4.78 is 6.73. The molecule has 0 radical (unpaired) electrons. The van der Waals surface area contributed by atoms with Crippen molar-refractivity contribution in [1.82, 2.24) is 14.8 Å². The van der Waals surface area contributed by atoms with Crippen molar-refractivity contribution < 1.29 is 9.53 Å². The molecule has 0 aliphatic rings. The van der Waals surface area contributed by atoms with Crippen LogP contribution in [0.25, 0.3) is 10.7 Å². The summed E-state index contributed by atoms with van der Waals surface area (Å²) in [4.78, 5) is 12.4. The highest BCUT2D eigenvalue weighted by atomic mass is 32.2. The summed E-state index contributed by atoms with van der Waals surface area (Å²) in [6.07, 6.45) is 0. The number of nitrogens with zero attached hydrogens (tertiary/aromatic N) is 3. The lowest BCUT2D eigenvalue weighted by Gasteiger charge is -2.09. The Hall–Kier alpha value is -2.12. The molecule has 0 N–H and O–H groups in total. The molecule has 7 heteroatoms. The molecule has 118 valence electrons. The fourth-order valence-electron chi connectivity index (χ4n) is 2.07. The first-order valence-electron chi connectivity index (χ1n) is 6.98. The van der Waals surface area contributed by atoms with Crippen LogP contribution in [0.4, 0.5) is 0 Å². The number of hydrogen-bond acceptors (Lipinski definition) is 6. The second kappa shape index (κ2) is 7.43. The van der Waals surface area contributed by atoms with E-state index >= 15 is 0 Å². The molecule has 0 spiro atoms. The van der Waals surface area contributed by atoms with Gasteiger partial charge >= 0.3 is 5.97 Å². The van der Waals surface area contributed by atoms with Crippen molar-refractivity contribution in [3.05, 3.63) is 53.4 Å². The zero-order valence-electron chi connectivity index (χ0n) is 12.5. The monoisotopic (exact) mass is 345 g/mol. The Labute approximate surface area is 142 Å². The van der Waals surface area contributed by atoms with Crippen molar-refractivity contribution in [2.75, 3.05) is 12.9 Å². The highest BCUT2D eigenvalue weighted by Gasteiger charge is 2.16. The number of thioether (sulfide) groups is 1. The predicted molar refractivity (Wildman–Crippen MR) is 91.6 cm³/mol. The van der Waals surface area contributed by atoms with Crippen LogP contribution in [0, 0.1) is 0 Å². The lowest BCUT2D eigenvalue weighted by atomic mass is 10.2. The number of carbonyl (C=O) groups excluding carboxylic acids is 1. The average molecular weight is 345 g/mol. The summed E-state index contributed by atoms with van der Waals surface area (Å²) in [5.41, 5.74) is 1.16. The van der Waals surface area contributed by atoms with E-state index in [4.69, 9.17) is 4.74 Å². The number of ether oxygens (including phenoxy) is 1. The molecule has 2 heterocycles. The third-order valence-corrected chi connectivity index (χ3v) is 4.99. The van der Waals surface area contributed by atoms with E-state index < -0.39 is 0 Å². The van der Waals surface area contributed by atoms with E-state index in [2.05, 4.69) is 22.3 Å². The van der Waals surface area contributed by atoms with Crippen LogP contribution in [0.5, 0.6) is 0 Å². The predicted octanol–water partition coefficient (Wildman–Crippen LogP) is 3.32. The Morgan fingerprint density at radius 2 is 2.04 bits per heavy atom. The summed E-state index contributed by atoms with van der Waals surface area (Å²) >= 11 is 2.96. The molecule has 2 aromatic heterocycles. The average Bonchev–Trinajstić information content (AvgIpc) is 3.23. The molecule has 0 aliphatic heterocycles. The van der Waals surface area contributed by atoms with Crippen LogP contribution in [0.1, 0.15) is 5.56 Å². The van der Waals surface area contributed by atoms with Gasteiger partial charge in [-0.15, -0.1) is 21.5 Å². The molecule has 3 rings (SSSR count). The maximum atomic E-state index is 11.4. The van der Waals surface area contributed by atoms with Gasteiger partial charge in [0.1, 0.15) is 0 Å². The van der Waals surface area contributed by atoms with Crippen molar-refractivity contribution >= 4 is 29.1 Å². The molecule has 0 aliphatic carbocycles. The lowest BCUT2D eigenvalue weighted by molar-refractivity contribution is -0.137. The molecule has 0 unspecified atom stereocenters. The summed E-state index contributed by atoms with van der Waals surface area (Å²) in [6, 6.07) is 14.1. The zero-order valence-corrected chi connectivity index (χ0v) is 14.1. The van der Waals surface area contributed by atoms with Crippen molar-refractivity contribution in [1.29, 1.82) is 0 Å². The van der Waals surface area contributed by atoms with E-state index in [1.807, 2.05) is 40.3 Å². The highest BCUT2D eigenvalue weighted by molar-refractivity contribution is 7.99. The third kappa shape index (κ3) is 3.80. The maximum absolute atomic E-state index is 11.4. The van der Waals surface area contributed by atoms with E-state index in [1.54, 1.807) is 11.3 Å². The summed E-state index contributed by atoms with van der Waals surface area (Å²) in [6.45, 7) is 0.657. The summed E-state index contributed by atoms with van der Waals surface area (Å²) in [5.74, 6) is 0.756. The van der Waals surface area contributed by atoms with Gasteiger partial charge in [-0.3, -0.25) is 9.36 Å². The van der Waals surface area contributed by atoms with Gasteiger partial charge in [-0.1, -0.05) is 48.2 Å². The van der Waals surface area contributed by atoms with Gasteiger partial charge in [0.25, 0.3) is 0 Å². The first-order chi connectivity index (χ1) is 11.3. The minimum atomic E-state index is -0.276. The lowest BCUT2D eigenvalue weighted by Crippen LogP contribution is -2.07. The van der Waals surface area contributed by atoms with Crippen LogP contribution in [-0.2, 0) is 16.1 Å². The van der Waals surface area contributed by atoms with Crippen molar-refractivity contribution in [2.45, 2.75) is 11.7 Å². The van der Waals surface area contributed by atoms with Gasteiger partial charge in [-0.05, 0) is 17.0 Å². The van der Waals surface area contributed by atoms with Crippen molar-refractivity contribution in [3.63, 3.8) is 0 Å². The highest BCUT2D eigenvalue weighted by Crippen LogP contribution is 2.28. The van der Waals surface area contributed by atoms with Crippen LogP contribution in [-0.4, -0.2) is 33.6 Å². The molecule has 3 aromatic rings. The first kappa shape index (κ1) is 15.8. The van der Waals surface area contributed by atoms with E-state index in [0.717, 1.165) is 16.3 Å². The molecule has 0 saturated heterocycles. The van der Waals surface area contributed by atoms with E-state index in [1.165, 1.54) is 18.9 Å². The molecular formula is C16H15N3O2S2. The Kier molecular flexibility index (Phi) is 5.09. The molecule has 0 bridgehead atoms. The van der Waals surface area contributed by atoms with Gasteiger partial charge in [0.05, 0.1) is 24.3 Å². The molecule has 5 nitrogen and oxygen atoms in total. The molecular weight excluding hydrogens is 330 g/mol. The van der Waals surface area contributed by atoms with E-state index in [-0.39, 0.29) is 11.7 Å². The quantitative estimate of drug-likeness (QED) is 0.507. The Morgan fingerprint density at radius 1 is 1.22 bits per heavy atom. The van der Waals surface area contributed by atoms with Gasteiger partial charge in [-0.25, -0.2) is 0 Å². The van der Waals surface area contributed by atoms with Gasteiger partial charge in [0, 0.05) is 0 Å². The van der Waals surface area contributed by atoms with Crippen LogP contribution < -0.4 is 0 Å². The third-order valence-electron chi connectivity index (χ3n) is 3.19. The largest absolute Gasteiger partial charge is 0.468 e. The number of carbonyl (C=O) groups is 1. The molecule has 1 aromatic carbocycles. The van der Waals surface area contributed by atoms with Gasteiger partial charge in [-0.2, -0.15) is 0 Å². The molecule has 23 heavy (non-hydrogen) atoms. The normalized spacial score (nSPS) is 10.7. The fourth-order valence-corrected chi connectivity index (χ4v) is 3.56. The Bertz CT molecular complexity index is 770. The zero-order chi connectivity index (χ0) is 16.1. The summed E-state index contributed by atoms with van der Waals surface area (Å²) in [7, 11) is 1.38. The fraction of sp³-hybridized carbons (Fsp3) is 0.188. The number of aromatic nitrogens is 3. The molecule has 0 amide bonds. The minimum absolute atomic E-state index is 0.216. The standard InChI is InChI=1S/C16H15N3O2S2/c1-21-14(20)11-23-16-18-17-15(13-8-5-9-22-13)19(16)10-12-6-3-2-4-7-12/h2-9H,10-11H2,1H3. The minimum Gasteiger partial charge on any atom is -0.468 e. The SMILES string of the molecule is COC(=O)CSc1nnc(-c2cccs2)n1Cc1ccccc1. The van der Waals surface area contributed by atoms with Crippen molar-refractivity contribution in [2.24, 2.45) is 0 Å². The number of methoxy groups -OCH3 is 1. The number of thiophene rings is 1. The summed E-state index contributed by atoms with van der Waals surface area (Å²) in [5, 5.41) is 11.3. The smallest absolute Gasteiger partial charge is 0.316 e. The van der Waals surface area contributed by atoms with Gasteiger partial charge < -0.3 is 4.74 Å². The molecule has 0 fully saturated rings. The van der Waals surface area contributed by atoms with Crippen LogP contribution in [0.15, 0.2) is 53.0 Å². The second-order valence-electron chi connectivity index (χ2n) is 4.72. The van der Waals surface area contributed by atoms with Crippen LogP contribution >= 0.6 is 23.1 Å². The van der Waals surface area contributed by atoms with Gasteiger partial charge in [0.2, 0.25) is 0 Å².